The van der Waals surface area contributed by atoms with Crippen LogP contribution in [0.25, 0.3) is 0 Å². The lowest BCUT2D eigenvalue weighted by atomic mass is 9.79. The van der Waals surface area contributed by atoms with E-state index in [9.17, 15) is 0 Å². The molecule has 0 radical (unpaired) electrons. The zero-order valence-corrected chi connectivity index (χ0v) is 8.65. The van der Waals surface area contributed by atoms with E-state index in [-0.39, 0.29) is 0 Å². The van der Waals surface area contributed by atoms with Gasteiger partial charge in [-0.05, 0) is 37.5 Å². The highest BCUT2D eigenvalue weighted by atomic mass is 15.3. The first kappa shape index (κ1) is 8.57. The third-order valence-electron chi connectivity index (χ3n) is 3.98. The van der Waals surface area contributed by atoms with Crippen LogP contribution in [-0.4, -0.2) is 30.0 Å². The Kier molecular flexibility index (Phi) is 1.92. The fraction of sp³-hybridized carbons (Fsp3) is 0.909. The summed E-state index contributed by atoms with van der Waals surface area (Å²) in [5.41, 5.74) is 5.94. The van der Waals surface area contributed by atoms with Crippen molar-refractivity contribution in [1.82, 2.24) is 4.90 Å². The van der Waals surface area contributed by atoms with Crippen molar-refractivity contribution in [3.05, 3.63) is 0 Å². The molecule has 2 N–H and O–H groups in total. The van der Waals surface area contributed by atoms with Crippen molar-refractivity contribution in [3.63, 3.8) is 0 Å². The molecule has 2 fully saturated rings. The van der Waals surface area contributed by atoms with Crippen LogP contribution in [0.2, 0.25) is 0 Å². The fourth-order valence-corrected chi connectivity index (χ4v) is 2.58. The first-order valence-electron chi connectivity index (χ1n) is 5.91. The van der Waals surface area contributed by atoms with Crippen molar-refractivity contribution in [1.29, 1.82) is 0 Å². The second-order valence-corrected chi connectivity index (χ2v) is 5.05. The second kappa shape index (κ2) is 3.14. The molecule has 0 bridgehead atoms. The van der Waals surface area contributed by atoms with Crippen LogP contribution in [0.5, 0.6) is 0 Å². The van der Waals surface area contributed by atoms with Gasteiger partial charge in [-0.1, -0.05) is 6.42 Å². The van der Waals surface area contributed by atoms with Crippen molar-refractivity contribution < 1.29 is 0 Å². The zero-order chi connectivity index (χ0) is 9.54. The minimum Gasteiger partial charge on any atom is -0.370 e. The summed E-state index contributed by atoms with van der Waals surface area (Å²) >= 11 is 0. The van der Waals surface area contributed by atoms with Crippen LogP contribution in [0.1, 0.15) is 32.1 Å². The number of rotatable bonds is 3. The van der Waals surface area contributed by atoms with Gasteiger partial charge in [-0.3, -0.25) is 4.99 Å². The normalized spacial score (nSPS) is 33.0. The van der Waals surface area contributed by atoms with E-state index in [1.165, 1.54) is 38.6 Å². The van der Waals surface area contributed by atoms with Gasteiger partial charge in [0, 0.05) is 6.54 Å². The van der Waals surface area contributed by atoms with E-state index in [1.807, 2.05) is 0 Å². The lowest BCUT2D eigenvalue weighted by Gasteiger charge is -2.37. The molecule has 0 aromatic heterocycles. The SMILES string of the molecule is NC1=NCC(C2CCC2)N1CC1CC1. The lowest BCUT2D eigenvalue weighted by molar-refractivity contribution is 0.167. The van der Waals surface area contributed by atoms with E-state index in [4.69, 9.17) is 5.73 Å². The largest absolute Gasteiger partial charge is 0.370 e. The zero-order valence-electron chi connectivity index (χ0n) is 8.65. The van der Waals surface area contributed by atoms with Crippen LogP contribution in [0.3, 0.4) is 0 Å². The van der Waals surface area contributed by atoms with Crippen molar-refractivity contribution in [2.24, 2.45) is 22.6 Å². The van der Waals surface area contributed by atoms with Gasteiger partial charge in [0.1, 0.15) is 0 Å². The molecular weight excluding hydrogens is 174 g/mol. The van der Waals surface area contributed by atoms with E-state index in [1.54, 1.807) is 0 Å². The van der Waals surface area contributed by atoms with Gasteiger partial charge in [0.05, 0.1) is 12.6 Å². The highest BCUT2D eigenvalue weighted by Crippen LogP contribution is 2.37. The maximum absolute atomic E-state index is 5.94. The number of hydrogen-bond donors (Lipinski definition) is 1. The van der Waals surface area contributed by atoms with Crippen molar-refractivity contribution in [3.8, 4) is 0 Å². The Morgan fingerprint density at radius 1 is 1.29 bits per heavy atom. The lowest BCUT2D eigenvalue weighted by Crippen LogP contribution is -2.47. The molecule has 78 valence electrons. The van der Waals surface area contributed by atoms with Crippen molar-refractivity contribution in [2.75, 3.05) is 13.1 Å². The van der Waals surface area contributed by atoms with Crippen LogP contribution in [0, 0.1) is 11.8 Å². The Balaban J connectivity index is 1.65. The molecule has 1 heterocycles. The number of aliphatic imine (C=N–C) groups is 1. The summed E-state index contributed by atoms with van der Waals surface area (Å²) in [5.74, 6) is 2.62. The van der Waals surface area contributed by atoms with E-state index in [2.05, 4.69) is 9.89 Å². The predicted octanol–water partition coefficient (Wildman–Crippen LogP) is 1.20. The van der Waals surface area contributed by atoms with Gasteiger partial charge in [0.2, 0.25) is 0 Å². The molecule has 3 rings (SSSR count). The molecule has 0 aromatic rings. The third kappa shape index (κ3) is 1.39. The summed E-state index contributed by atoms with van der Waals surface area (Å²) in [6.07, 6.45) is 7.02. The van der Waals surface area contributed by atoms with Gasteiger partial charge in [-0.15, -0.1) is 0 Å². The van der Waals surface area contributed by atoms with E-state index in [0.717, 1.165) is 24.3 Å². The molecular formula is C11H19N3. The Bertz CT molecular complexity index is 253. The first-order valence-corrected chi connectivity index (χ1v) is 5.91. The van der Waals surface area contributed by atoms with Gasteiger partial charge in [0.15, 0.2) is 5.96 Å². The van der Waals surface area contributed by atoms with Gasteiger partial charge in [0.25, 0.3) is 0 Å². The van der Waals surface area contributed by atoms with Crippen LogP contribution < -0.4 is 5.73 Å². The summed E-state index contributed by atoms with van der Waals surface area (Å²) in [6.45, 7) is 2.14. The molecule has 3 heteroatoms. The summed E-state index contributed by atoms with van der Waals surface area (Å²) in [7, 11) is 0. The average Bonchev–Trinajstić information content (AvgIpc) is 2.82. The van der Waals surface area contributed by atoms with Gasteiger partial charge in [-0.2, -0.15) is 0 Å². The van der Waals surface area contributed by atoms with Gasteiger partial charge in [-0.25, -0.2) is 0 Å². The molecule has 3 nitrogen and oxygen atoms in total. The Morgan fingerprint density at radius 2 is 2.07 bits per heavy atom. The van der Waals surface area contributed by atoms with E-state index >= 15 is 0 Å². The van der Waals surface area contributed by atoms with E-state index < -0.39 is 0 Å². The van der Waals surface area contributed by atoms with Crippen molar-refractivity contribution >= 4 is 5.96 Å². The number of nitrogens with zero attached hydrogens (tertiary/aromatic N) is 2. The van der Waals surface area contributed by atoms with Crippen LogP contribution in [0.4, 0.5) is 0 Å². The maximum atomic E-state index is 5.94. The molecule has 2 saturated carbocycles. The molecule has 0 spiro atoms. The molecule has 14 heavy (non-hydrogen) atoms. The summed E-state index contributed by atoms with van der Waals surface area (Å²) in [4.78, 5) is 6.79. The standard InChI is InChI=1S/C11H19N3/c12-11-13-6-10(9-2-1-3-9)14(11)7-8-4-5-8/h8-10H,1-7H2,(H2,12,13). The molecule has 0 saturated heterocycles. The fourth-order valence-electron chi connectivity index (χ4n) is 2.58. The average molecular weight is 193 g/mol. The number of hydrogen-bond acceptors (Lipinski definition) is 3. The van der Waals surface area contributed by atoms with Crippen LogP contribution >= 0.6 is 0 Å². The predicted molar refractivity (Wildman–Crippen MR) is 57.0 cm³/mol. The molecule has 0 amide bonds. The Labute approximate surface area is 85.4 Å². The molecule has 2 aliphatic carbocycles. The highest BCUT2D eigenvalue weighted by Gasteiger charge is 2.38. The molecule has 1 atom stereocenters. The van der Waals surface area contributed by atoms with Crippen LogP contribution in [0.15, 0.2) is 4.99 Å². The first-order chi connectivity index (χ1) is 6.84. The molecule has 1 unspecified atom stereocenters. The quantitative estimate of drug-likeness (QED) is 0.731. The van der Waals surface area contributed by atoms with Gasteiger partial charge < -0.3 is 10.6 Å². The second-order valence-electron chi connectivity index (χ2n) is 5.05. The summed E-state index contributed by atoms with van der Waals surface area (Å²) in [5, 5.41) is 0. The minimum absolute atomic E-state index is 0.657. The smallest absolute Gasteiger partial charge is 0.191 e. The Hall–Kier alpha value is -0.730. The molecule has 0 aromatic carbocycles. The molecule has 1 aliphatic heterocycles. The Morgan fingerprint density at radius 3 is 2.64 bits per heavy atom. The topological polar surface area (TPSA) is 41.6 Å². The molecule has 3 aliphatic rings. The highest BCUT2D eigenvalue weighted by molar-refractivity contribution is 5.80. The summed E-state index contributed by atoms with van der Waals surface area (Å²) < 4.78 is 0. The van der Waals surface area contributed by atoms with E-state index in [0.29, 0.717) is 6.04 Å². The third-order valence-corrected chi connectivity index (χ3v) is 3.98. The van der Waals surface area contributed by atoms with Gasteiger partial charge >= 0.3 is 0 Å². The number of nitrogens with two attached hydrogens (primary N) is 1. The number of guanidine groups is 1. The monoisotopic (exact) mass is 193 g/mol. The minimum atomic E-state index is 0.657. The maximum Gasteiger partial charge on any atom is 0.191 e. The summed E-state index contributed by atoms with van der Waals surface area (Å²) in [6, 6.07) is 0.657. The van der Waals surface area contributed by atoms with Crippen molar-refractivity contribution in [2.45, 2.75) is 38.1 Å². The van der Waals surface area contributed by atoms with Crippen LogP contribution in [-0.2, 0) is 0 Å².